The first-order chi connectivity index (χ1) is 9.70. The standard InChI is InChI=1S/C12H12F3N3O3/c1-16-8-6-7(2-3-9(8)18(20)21)10(19)17-11(4-5-11)12(13,14)15/h2-3,6,16H,4-5H2,1H3,(H,17,19). The van der Waals surface area contributed by atoms with Gasteiger partial charge in [0.25, 0.3) is 11.6 Å². The Bertz CT molecular complexity index is 597. The topological polar surface area (TPSA) is 84.3 Å². The van der Waals surface area contributed by atoms with E-state index in [-0.39, 0.29) is 29.8 Å². The molecule has 0 radical (unpaired) electrons. The predicted octanol–water partition coefficient (Wildman–Crippen LogP) is 2.46. The molecule has 2 rings (SSSR count). The Kier molecular flexibility index (Phi) is 3.52. The molecule has 0 bridgehead atoms. The molecule has 2 N–H and O–H groups in total. The van der Waals surface area contributed by atoms with Crippen LogP contribution in [0.2, 0.25) is 0 Å². The molecular formula is C12H12F3N3O3. The summed E-state index contributed by atoms with van der Waals surface area (Å²) >= 11 is 0. The number of alkyl halides is 3. The SMILES string of the molecule is CNc1cc(C(=O)NC2(C(F)(F)F)CC2)ccc1[N+](=O)[O-]. The van der Waals surface area contributed by atoms with Crippen molar-refractivity contribution in [2.45, 2.75) is 24.6 Å². The Balaban J connectivity index is 2.23. The summed E-state index contributed by atoms with van der Waals surface area (Å²) in [5.74, 6) is -0.906. The number of amides is 1. The fourth-order valence-electron chi connectivity index (χ4n) is 1.93. The van der Waals surface area contributed by atoms with E-state index in [1.807, 2.05) is 5.32 Å². The van der Waals surface area contributed by atoms with E-state index in [1.54, 1.807) is 0 Å². The van der Waals surface area contributed by atoms with Crippen LogP contribution in [0, 0.1) is 10.1 Å². The quantitative estimate of drug-likeness (QED) is 0.661. The van der Waals surface area contributed by atoms with Gasteiger partial charge in [-0.3, -0.25) is 14.9 Å². The highest BCUT2D eigenvalue weighted by Crippen LogP contribution is 2.49. The Labute approximate surface area is 117 Å². The van der Waals surface area contributed by atoms with E-state index in [0.29, 0.717) is 0 Å². The molecule has 1 aromatic carbocycles. The average molecular weight is 303 g/mol. The van der Waals surface area contributed by atoms with Crippen molar-refractivity contribution in [2.75, 3.05) is 12.4 Å². The summed E-state index contributed by atoms with van der Waals surface area (Å²) < 4.78 is 38.3. The number of hydrogen-bond acceptors (Lipinski definition) is 4. The predicted molar refractivity (Wildman–Crippen MR) is 68.1 cm³/mol. The second-order valence-electron chi connectivity index (χ2n) is 4.77. The van der Waals surface area contributed by atoms with Crippen molar-refractivity contribution < 1.29 is 22.9 Å². The molecule has 6 nitrogen and oxygen atoms in total. The van der Waals surface area contributed by atoms with Gasteiger partial charge in [0.05, 0.1) is 4.92 Å². The fourth-order valence-corrected chi connectivity index (χ4v) is 1.93. The lowest BCUT2D eigenvalue weighted by Crippen LogP contribution is -2.47. The Morgan fingerprint density at radius 2 is 2.00 bits per heavy atom. The van der Waals surface area contributed by atoms with Crippen LogP contribution >= 0.6 is 0 Å². The first-order valence-corrected chi connectivity index (χ1v) is 6.05. The smallest absolute Gasteiger partial charge is 0.383 e. The van der Waals surface area contributed by atoms with Crippen molar-refractivity contribution in [3.63, 3.8) is 0 Å². The maximum atomic E-state index is 12.8. The molecule has 21 heavy (non-hydrogen) atoms. The van der Waals surface area contributed by atoms with Gasteiger partial charge in [0.1, 0.15) is 11.2 Å². The molecule has 1 aliphatic carbocycles. The van der Waals surface area contributed by atoms with Gasteiger partial charge in [0, 0.05) is 18.7 Å². The van der Waals surface area contributed by atoms with Crippen LogP contribution in [0.5, 0.6) is 0 Å². The summed E-state index contributed by atoms with van der Waals surface area (Å²) in [6.07, 6.45) is -4.82. The third-order valence-corrected chi connectivity index (χ3v) is 3.37. The van der Waals surface area contributed by atoms with E-state index in [0.717, 1.165) is 18.2 Å². The summed E-state index contributed by atoms with van der Waals surface area (Å²) in [5, 5.41) is 15.2. The molecule has 1 aromatic rings. The largest absolute Gasteiger partial charge is 0.411 e. The Hall–Kier alpha value is -2.32. The van der Waals surface area contributed by atoms with Crippen LogP contribution in [0.4, 0.5) is 24.5 Å². The molecule has 0 atom stereocenters. The molecule has 114 valence electrons. The third-order valence-electron chi connectivity index (χ3n) is 3.37. The highest BCUT2D eigenvalue weighted by molar-refractivity contribution is 5.96. The Morgan fingerprint density at radius 3 is 2.43 bits per heavy atom. The van der Waals surface area contributed by atoms with E-state index in [4.69, 9.17) is 0 Å². The van der Waals surface area contributed by atoms with Gasteiger partial charge in [-0.05, 0) is 25.0 Å². The van der Waals surface area contributed by atoms with Crippen LogP contribution in [0.25, 0.3) is 0 Å². The van der Waals surface area contributed by atoms with Crippen molar-refractivity contribution in [2.24, 2.45) is 0 Å². The number of rotatable bonds is 4. The fraction of sp³-hybridized carbons (Fsp3) is 0.417. The molecule has 0 aliphatic heterocycles. The average Bonchev–Trinajstić information content (AvgIpc) is 3.18. The minimum absolute atomic E-state index is 0.0597. The zero-order valence-corrected chi connectivity index (χ0v) is 11.0. The lowest BCUT2D eigenvalue weighted by molar-refractivity contribution is -0.383. The maximum Gasteiger partial charge on any atom is 0.411 e. The number of nitrogens with zero attached hydrogens (tertiary/aromatic N) is 1. The van der Waals surface area contributed by atoms with Crippen LogP contribution in [0.15, 0.2) is 18.2 Å². The van der Waals surface area contributed by atoms with Gasteiger partial charge in [-0.2, -0.15) is 13.2 Å². The zero-order valence-electron chi connectivity index (χ0n) is 11.0. The van der Waals surface area contributed by atoms with Gasteiger partial charge in [-0.1, -0.05) is 0 Å². The number of nitro groups is 1. The summed E-state index contributed by atoms with van der Waals surface area (Å²) in [7, 11) is 1.42. The molecule has 1 amide bonds. The summed E-state index contributed by atoms with van der Waals surface area (Å²) in [4.78, 5) is 22.0. The van der Waals surface area contributed by atoms with E-state index < -0.39 is 22.5 Å². The second kappa shape index (κ2) is 4.90. The first-order valence-electron chi connectivity index (χ1n) is 6.05. The lowest BCUT2D eigenvalue weighted by atomic mass is 10.1. The number of carbonyl (C=O) groups excluding carboxylic acids is 1. The van der Waals surface area contributed by atoms with Crippen LogP contribution in [0.1, 0.15) is 23.2 Å². The molecule has 1 fully saturated rings. The molecule has 0 saturated heterocycles. The van der Waals surface area contributed by atoms with Crippen molar-refractivity contribution in [1.82, 2.24) is 5.32 Å². The van der Waals surface area contributed by atoms with E-state index in [9.17, 15) is 28.1 Å². The lowest BCUT2D eigenvalue weighted by Gasteiger charge is -2.20. The van der Waals surface area contributed by atoms with Gasteiger partial charge >= 0.3 is 6.18 Å². The molecular weight excluding hydrogens is 291 g/mol. The van der Waals surface area contributed by atoms with Crippen molar-refractivity contribution in [3.8, 4) is 0 Å². The van der Waals surface area contributed by atoms with Crippen molar-refractivity contribution in [3.05, 3.63) is 33.9 Å². The maximum absolute atomic E-state index is 12.8. The molecule has 0 heterocycles. The van der Waals surface area contributed by atoms with Crippen molar-refractivity contribution >= 4 is 17.3 Å². The number of hydrogen-bond donors (Lipinski definition) is 2. The molecule has 9 heteroatoms. The van der Waals surface area contributed by atoms with E-state index in [1.165, 1.54) is 7.05 Å². The Morgan fingerprint density at radius 1 is 1.38 bits per heavy atom. The number of nitrogens with one attached hydrogen (secondary N) is 2. The number of benzene rings is 1. The molecule has 0 unspecified atom stereocenters. The molecule has 0 spiro atoms. The van der Waals surface area contributed by atoms with E-state index >= 15 is 0 Å². The molecule has 1 aliphatic rings. The van der Waals surface area contributed by atoms with Crippen LogP contribution in [-0.2, 0) is 0 Å². The van der Waals surface area contributed by atoms with Gasteiger partial charge in [0.2, 0.25) is 0 Å². The van der Waals surface area contributed by atoms with Crippen LogP contribution < -0.4 is 10.6 Å². The minimum atomic E-state index is -4.50. The monoisotopic (exact) mass is 303 g/mol. The highest BCUT2D eigenvalue weighted by atomic mass is 19.4. The number of carbonyl (C=O) groups is 1. The van der Waals surface area contributed by atoms with Gasteiger partial charge < -0.3 is 10.6 Å². The molecule has 0 aromatic heterocycles. The van der Waals surface area contributed by atoms with Gasteiger partial charge in [0.15, 0.2) is 0 Å². The van der Waals surface area contributed by atoms with E-state index in [2.05, 4.69) is 5.32 Å². The second-order valence-corrected chi connectivity index (χ2v) is 4.77. The first kappa shape index (κ1) is 15.1. The number of anilines is 1. The third kappa shape index (κ3) is 2.76. The van der Waals surface area contributed by atoms with Crippen LogP contribution in [0.3, 0.4) is 0 Å². The highest BCUT2D eigenvalue weighted by Gasteiger charge is 2.64. The normalized spacial score (nSPS) is 16.2. The zero-order chi connectivity index (χ0) is 15.8. The summed E-state index contributed by atoms with van der Waals surface area (Å²) in [6, 6.07) is 3.36. The number of nitro benzene ring substituents is 1. The minimum Gasteiger partial charge on any atom is -0.383 e. The van der Waals surface area contributed by atoms with Crippen LogP contribution in [-0.4, -0.2) is 29.6 Å². The van der Waals surface area contributed by atoms with Crippen molar-refractivity contribution in [1.29, 1.82) is 0 Å². The van der Waals surface area contributed by atoms with Gasteiger partial charge in [-0.15, -0.1) is 0 Å². The molecule has 1 saturated carbocycles. The summed E-state index contributed by atoms with van der Waals surface area (Å²) in [6.45, 7) is 0. The van der Waals surface area contributed by atoms with Gasteiger partial charge in [-0.25, -0.2) is 0 Å². The summed E-state index contributed by atoms with van der Waals surface area (Å²) in [5.41, 5.74) is -2.43. The number of halogens is 3.